The van der Waals surface area contributed by atoms with Gasteiger partial charge in [-0.1, -0.05) is 66.7 Å². The second-order valence-electron chi connectivity index (χ2n) is 7.40. The molecule has 1 N–H and O–H groups in total. The number of hydrogen-bond donors (Lipinski definition) is 1. The third kappa shape index (κ3) is 3.88. The van der Waals surface area contributed by atoms with Crippen molar-refractivity contribution in [3.63, 3.8) is 0 Å². The summed E-state index contributed by atoms with van der Waals surface area (Å²) in [6, 6.07) is 25.3. The Morgan fingerprint density at radius 1 is 0.926 bits per heavy atom. The van der Waals surface area contributed by atoms with Crippen LogP contribution in [0.5, 0.6) is 0 Å². The fourth-order valence-electron chi connectivity index (χ4n) is 4.06. The first-order valence-electron chi connectivity index (χ1n) is 9.80. The second kappa shape index (κ2) is 7.93. The smallest absolute Gasteiger partial charge is 0.252 e. The lowest BCUT2D eigenvalue weighted by Crippen LogP contribution is -2.45. The van der Waals surface area contributed by atoms with Crippen LogP contribution in [-0.4, -0.2) is 29.9 Å². The van der Waals surface area contributed by atoms with Crippen molar-refractivity contribution in [2.45, 2.75) is 31.8 Å². The Bertz CT molecular complexity index is 909. The van der Waals surface area contributed by atoms with Crippen molar-refractivity contribution in [1.29, 1.82) is 0 Å². The number of nitrogens with zero attached hydrogens (tertiary/aromatic N) is 1. The zero-order valence-electron chi connectivity index (χ0n) is 15.8. The molecule has 1 saturated heterocycles. The van der Waals surface area contributed by atoms with E-state index in [9.17, 15) is 4.79 Å². The first kappa shape index (κ1) is 17.7. The average molecular weight is 358 g/mol. The summed E-state index contributed by atoms with van der Waals surface area (Å²) >= 11 is 0. The summed E-state index contributed by atoms with van der Waals surface area (Å²) in [5.74, 6) is 0.0429. The van der Waals surface area contributed by atoms with Gasteiger partial charge in [-0.3, -0.25) is 9.69 Å². The number of nitrogens with one attached hydrogen (secondary N) is 1. The number of hydrogen-bond acceptors (Lipinski definition) is 2. The highest BCUT2D eigenvalue weighted by atomic mass is 16.1. The number of amides is 1. The lowest BCUT2D eigenvalue weighted by atomic mass is 9.99. The standard InChI is InChI=1S/C24H26N2O/c1-18(19-8-3-2-4-9-19)26-16-14-21(15-17-26)25-24(27)23-13-7-11-20-10-5-6-12-22(20)23/h2-13,18,21H,14-17H2,1H3,(H,25,27). The quantitative estimate of drug-likeness (QED) is 0.727. The maximum atomic E-state index is 12.8. The molecule has 27 heavy (non-hydrogen) atoms. The Morgan fingerprint density at radius 3 is 2.37 bits per heavy atom. The molecule has 1 atom stereocenters. The van der Waals surface area contributed by atoms with Gasteiger partial charge < -0.3 is 5.32 Å². The molecule has 4 rings (SSSR count). The highest BCUT2D eigenvalue weighted by Crippen LogP contribution is 2.24. The van der Waals surface area contributed by atoms with Crippen LogP contribution in [-0.2, 0) is 0 Å². The predicted molar refractivity (Wildman–Crippen MR) is 111 cm³/mol. The third-order valence-corrected chi connectivity index (χ3v) is 5.73. The summed E-state index contributed by atoms with van der Waals surface area (Å²) < 4.78 is 0. The Morgan fingerprint density at radius 2 is 1.59 bits per heavy atom. The van der Waals surface area contributed by atoms with Crippen LogP contribution < -0.4 is 5.32 Å². The summed E-state index contributed by atoms with van der Waals surface area (Å²) in [7, 11) is 0. The molecule has 138 valence electrons. The highest BCUT2D eigenvalue weighted by Gasteiger charge is 2.25. The SMILES string of the molecule is CC(c1ccccc1)N1CCC(NC(=O)c2cccc3ccccc23)CC1. The fourth-order valence-corrected chi connectivity index (χ4v) is 4.06. The number of fused-ring (bicyclic) bond motifs is 1. The zero-order chi connectivity index (χ0) is 18.6. The molecule has 1 aliphatic rings. The van der Waals surface area contributed by atoms with Gasteiger partial charge in [0.1, 0.15) is 0 Å². The van der Waals surface area contributed by atoms with Crippen molar-refractivity contribution in [3.05, 3.63) is 83.9 Å². The molecule has 3 heteroatoms. The van der Waals surface area contributed by atoms with Gasteiger partial charge in [0, 0.05) is 30.7 Å². The van der Waals surface area contributed by atoms with Gasteiger partial charge in [0.05, 0.1) is 0 Å². The summed E-state index contributed by atoms with van der Waals surface area (Å²) in [5.41, 5.74) is 2.13. The van der Waals surface area contributed by atoms with Crippen molar-refractivity contribution < 1.29 is 4.79 Å². The lowest BCUT2D eigenvalue weighted by Gasteiger charge is -2.36. The van der Waals surface area contributed by atoms with Gasteiger partial charge in [0.25, 0.3) is 5.91 Å². The van der Waals surface area contributed by atoms with E-state index in [4.69, 9.17) is 0 Å². The molecule has 1 unspecified atom stereocenters. The van der Waals surface area contributed by atoms with E-state index in [0.29, 0.717) is 6.04 Å². The fraction of sp³-hybridized carbons (Fsp3) is 0.292. The molecular formula is C24H26N2O. The van der Waals surface area contributed by atoms with Crippen LogP contribution in [0.15, 0.2) is 72.8 Å². The molecule has 0 aliphatic carbocycles. The minimum atomic E-state index is 0.0429. The van der Waals surface area contributed by atoms with Gasteiger partial charge in [-0.05, 0) is 42.2 Å². The van der Waals surface area contributed by atoms with Crippen LogP contribution in [0.1, 0.15) is 41.7 Å². The van der Waals surface area contributed by atoms with E-state index >= 15 is 0 Å². The molecule has 3 aromatic rings. The van der Waals surface area contributed by atoms with Crippen molar-refractivity contribution in [2.24, 2.45) is 0 Å². The molecule has 1 fully saturated rings. The van der Waals surface area contributed by atoms with Crippen LogP contribution in [0.3, 0.4) is 0 Å². The van der Waals surface area contributed by atoms with Crippen molar-refractivity contribution in [3.8, 4) is 0 Å². The van der Waals surface area contributed by atoms with Crippen molar-refractivity contribution in [2.75, 3.05) is 13.1 Å². The third-order valence-electron chi connectivity index (χ3n) is 5.73. The number of carbonyl (C=O) groups excluding carboxylic acids is 1. The van der Waals surface area contributed by atoms with Crippen LogP contribution in [0, 0.1) is 0 Å². The monoisotopic (exact) mass is 358 g/mol. The molecule has 0 radical (unpaired) electrons. The van der Waals surface area contributed by atoms with Crippen LogP contribution >= 0.6 is 0 Å². The van der Waals surface area contributed by atoms with E-state index in [-0.39, 0.29) is 11.9 Å². The number of rotatable bonds is 4. The lowest BCUT2D eigenvalue weighted by molar-refractivity contribution is 0.0897. The summed E-state index contributed by atoms with van der Waals surface area (Å²) in [6.07, 6.45) is 1.99. The Balaban J connectivity index is 1.38. The maximum Gasteiger partial charge on any atom is 0.252 e. The first-order chi connectivity index (χ1) is 13.2. The molecule has 1 aliphatic heterocycles. The Hall–Kier alpha value is -2.65. The van der Waals surface area contributed by atoms with E-state index in [1.54, 1.807) is 0 Å². The number of benzene rings is 3. The molecule has 0 saturated carbocycles. The van der Waals surface area contributed by atoms with E-state index in [0.717, 1.165) is 42.3 Å². The second-order valence-corrected chi connectivity index (χ2v) is 7.40. The molecule has 1 heterocycles. The summed E-state index contributed by atoms with van der Waals surface area (Å²) in [6.45, 7) is 4.29. The highest BCUT2D eigenvalue weighted by molar-refractivity contribution is 6.07. The van der Waals surface area contributed by atoms with Gasteiger partial charge in [-0.2, -0.15) is 0 Å². The van der Waals surface area contributed by atoms with Crippen LogP contribution in [0.4, 0.5) is 0 Å². The molecule has 3 nitrogen and oxygen atoms in total. The maximum absolute atomic E-state index is 12.8. The topological polar surface area (TPSA) is 32.3 Å². The van der Waals surface area contributed by atoms with Gasteiger partial charge >= 0.3 is 0 Å². The van der Waals surface area contributed by atoms with Gasteiger partial charge in [0.15, 0.2) is 0 Å². The molecule has 3 aromatic carbocycles. The van der Waals surface area contributed by atoms with E-state index < -0.39 is 0 Å². The Kier molecular flexibility index (Phi) is 5.21. The molecular weight excluding hydrogens is 332 g/mol. The normalized spacial score (nSPS) is 16.9. The summed E-state index contributed by atoms with van der Waals surface area (Å²) in [5, 5.41) is 5.39. The molecule has 1 amide bonds. The minimum absolute atomic E-state index is 0.0429. The molecule has 0 aromatic heterocycles. The average Bonchev–Trinajstić information content (AvgIpc) is 2.74. The predicted octanol–water partition coefficient (Wildman–Crippen LogP) is 4.80. The van der Waals surface area contributed by atoms with Crippen LogP contribution in [0.2, 0.25) is 0 Å². The van der Waals surface area contributed by atoms with E-state index in [1.807, 2.05) is 30.3 Å². The number of piperidine rings is 1. The number of carbonyl (C=O) groups is 1. The van der Waals surface area contributed by atoms with Gasteiger partial charge in [-0.25, -0.2) is 0 Å². The van der Waals surface area contributed by atoms with Gasteiger partial charge in [0.2, 0.25) is 0 Å². The van der Waals surface area contributed by atoms with Crippen LogP contribution in [0.25, 0.3) is 10.8 Å². The van der Waals surface area contributed by atoms with E-state index in [1.165, 1.54) is 5.56 Å². The molecule has 0 bridgehead atoms. The largest absolute Gasteiger partial charge is 0.349 e. The zero-order valence-corrected chi connectivity index (χ0v) is 15.8. The summed E-state index contributed by atoms with van der Waals surface area (Å²) in [4.78, 5) is 15.3. The first-order valence-corrected chi connectivity index (χ1v) is 9.80. The molecule has 0 spiro atoms. The number of likely N-dealkylation sites (tertiary alicyclic amines) is 1. The van der Waals surface area contributed by atoms with E-state index in [2.05, 4.69) is 59.6 Å². The van der Waals surface area contributed by atoms with Crippen molar-refractivity contribution >= 4 is 16.7 Å². The minimum Gasteiger partial charge on any atom is -0.349 e. The van der Waals surface area contributed by atoms with Crippen molar-refractivity contribution in [1.82, 2.24) is 10.2 Å². The Labute approximate surface area is 161 Å². The van der Waals surface area contributed by atoms with Gasteiger partial charge in [-0.15, -0.1) is 0 Å².